The van der Waals surface area contributed by atoms with Crippen LogP contribution in [0.1, 0.15) is 48.0 Å². The zero-order valence-corrected chi connectivity index (χ0v) is 17.1. The first-order valence-corrected chi connectivity index (χ1v) is 9.20. The van der Waals surface area contributed by atoms with Crippen LogP contribution in [0.3, 0.4) is 0 Å². The minimum Gasteiger partial charge on any atom is -0.341 e. The van der Waals surface area contributed by atoms with E-state index in [4.69, 9.17) is 0 Å². The maximum atomic E-state index is 12.9. The van der Waals surface area contributed by atoms with Crippen molar-refractivity contribution in [2.75, 3.05) is 10.6 Å². The van der Waals surface area contributed by atoms with E-state index in [1.165, 1.54) is 13.8 Å². The van der Waals surface area contributed by atoms with E-state index in [2.05, 4.69) is 21.3 Å². The number of benzene rings is 1. The standard InChI is InChI=1S/C20H28N4O4/c1-7-20(6)17(28)22-13-11-9-8-10-12(13)21-16(27)19(4,5)23-14(25)18(2,3)15(26)24-20/h8-11H,7H2,1-6H3,(H,21,27)(H,22,28)(H,23,25)(H,24,26). The molecule has 1 aliphatic heterocycles. The van der Waals surface area contributed by atoms with Crippen LogP contribution in [0.2, 0.25) is 0 Å². The van der Waals surface area contributed by atoms with E-state index in [-0.39, 0.29) is 0 Å². The van der Waals surface area contributed by atoms with Crippen molar-refractivity contribution in [2.24, 2.45) is 5.41 Å². The van der Waals surface area contributed by atoms with Crippen molar-refractivity contribution in [3.8, 4) is 0 Å². The Bertz CT molecular complexity index is 831. The fourth-order valence-corrected chi connectivity index (χ4v) is 2.55. The van der Waals surface area contributed by atoms with Gasteiger partial charge < -0.3 is 21.3 Å². The molecule has 0 aliphatic carbocycles. The third-order valence-corrected chi connectivity index (χ3v) is 5.15. The Balaban J connectivity index is 2.58. The van der Waals surface area contributed by atoms with Crippen molar-refractivity contribution in [2.45, 2.75) is 59.0 Å². The number of rotatable bonds is 1. The summed E-state index contributed by atoms with van der Waals surface area (Å²) in [5.41, 5.74) is -3.22. The van der Waals surface area contributed by atoms with Gasteiger partial charge in [0.05, 0.1) is 11.4 Å². The average Bonchev–Trinajstić information content (AvgIpc) is 2.61. The number of para-hydroxylation sites is 2. The number of anilines is 2. The van der Waals surface area contributed by atoms with E-state index in [1.807, 2.05) is 0 Å². The van der Waals surface area contributed by atoms with Gasteiger partial charge in [0.1, 0.15) is 16.5 Å². The van der Waals surface area contributed by atoms with Crippen LogP contribution < -0.4 is 21.3 Å². The van der Waals surface area contributed by atoms with Gasteiger partial charge >= 0.3 is 0 Å². The predicted octanol–water partition coefficient (Wildman–Crippen LogP) is 1.78. The summed E-state index contributed by atoms with van der Waals surface area (Å²) < 4.78 is 0. The lowest BCUT2D eigenvalue weighted by atomic mass is 9.87. The van der Waals surface area contributed by atoms with Gasteiger partial charge in [-0.15, -0.1) is 0 Å². The SMILES string of the molecule is CCC1(C)NC(=O)C(C)(C)C(=O)NC(C)(C)C(=O)Nc2ccccc2NC1=O. The van der Waals surface area contributed by atoms with E-state index in [0.717, 1.165) is 0 Å². The molecule has 0 saturated carbocycles. The highest BCUT2D eigenvalue weighted by Crippen LogP contribution is 2.26. The van der Waals surface area contributed by atoms with Crippen LogP contribution in [0, 0.1) is 5.41 Å². The molecule has 0 saturated heterocycles. The van der Waals surface area contributed by atoms with Gasteiger partial charge in [-0.3, -0.25) is 19.2 Å². The molecule has 1 atom stereocenters. The molecule has 152 valence electrons. The second-order valence-electron chi connectivity index (χ2n) is 8.30. The van der Waals surface area contributed by atoms with Gasteiger partial charge in [0.25, 0.3) is 0 Å². The Hall–Kier alpha value is -2.90. The molecule has 1 unspecified atom stereocenters. The van der Waals surface area contributed by atoms with Crippen molar-refractivity contribution in [1.82, 2.24) is 10.6 Å². The molecule has 1 heterocycles. The molecule has 4 N–H and O–H groups in total. The highest BCUT2D eigenvalue weighted by Gasteiger charge is 2.44. The van der Waals surface area contributed by atoms with Gasteiger partial charge in [-0.05, 0) is 53.2 Å². The monoisotopic (exact) mass is 388 g/mol. The van der Waals surface area contributed by atoms with Gasteiger partial charge in [0.2, 0.25) is 23.6 Å². The topological polar surface area (TPSA) is 116 Å². The number of nitrogens with one attached hydrogen (secondary N) is 4. The normalized spacial score (nSPS) is 24.9. The zero-order valence-electron chi connectivity index (χ0n) is 17.1. The second-order valence-corrected chi connectivity index (χ2v) is 8.30. The van der Waals surface area contributed by atoms with Gasteiger partial charge in [0, 0.05) is 0 Å². The quantitative estimate of drug-likeness (QED) is 0.549. The molecule has 0 spiro atoms. The molecule has 0 bridgehead atoms. The molecule has 1 aromatic carbocycles. The van der Waals surface area contributed by atoms with Crippen molar-refractivity contribution in [3.63, 3.8) is 0 Å². The molecule has 2 rings (SSSR count). The number of hydrogen-bond donors (Lipinski definition) is 4. The smallest absolute Gasteiger partial charge is 0.249 e. The number of carbonyl (C=O) groups excluding carboxylic acids is 4. The van der Waals surface area contributed by atoms with Crippen molar-refractivity contribution in [3.05, 3.63) is 24.3 Å². The lowest BCUT2D eigenvalue weighted by Gasteiger charge is -2.33. The van der Waals surface area contributed by atoms with Crippen LogP contribution in [0.5, 0.6) is 0 Å². The molecule has 1 aliphatic rings. The molecular weight excluding hydrogens is 360 g/mol. The van der Waals surface area contributed by atoms with Gasteiger partial charge in [0.15, 0.2) is 0 Å². The first-order valence-electron chi connectivity index (χ1n) is 9.20. The molecule has 0 aromatic heterocycles. The van der Waals surface area contributed by atoms with Gasteiger partial charge in [-0.25, -0.2) is 0 Å². The summed E-state index contributed by atoms with van der Waals surface area (Å²) >= 11 is 0. The highest BCUT2D eigenvalue weighted by atomic mass is 16.2. The predicted molar refractivity (Wildman–Crippen MR) is 107 cm³/mol. The van der Waals surface area contributed by atoms with Crippen LogP contribution in [-0.4, -0.2) is 34.7 Å². The summed E-state index contributed by atoms with van der Waals surface area (Å²) in [5.74, 6) is -2.14. The average molecular weight is 388 g/mol. The number of carbonyl (C=O) groups is 4. The van der Waals surface area contributed by atoms with Crippen LogP contribution in [0.4, 0.5) is 11.4 Å². The molecule has 4 amide bonds. The Labute approximate surface area is 164 Å². The summed E-state index contributed by atoms with van der Waals surface area (Å²) in [6.45, 7) is 9.36. The Kier molecular flexibility index (Phi) is 5.55. The van der Waals surface area contributed by atoms with E-state index < -0.39 is 40.1 Å². The van der Waals surface area contributed by atoms with Crippen molar-refractivity contribution in [1.29, 1.82) is 0 Å². The molecule has 1 aromatic rings. The fraction of sp³-hybridized carbons (Fsp3) is 0.500. The van der Waals surface area contributed by atoms with Crippen LogP contribution in [-0.2, 0) is 19.2 Å². The molecule has 0 fully saturated rings. The minimum absolute atomic E-state index is 0.308. The molecule has 8 nitrogen and oxygen atoms in total. The first kappa shape index (κ1) is 21.4. The molecule has 0 radical (unpaired) electrons. The fourth-order valence-electron chi connectivity index (χ4n) is 2.55. The van der Waals surface area contributed by atoms with Crippen LogP contribution in [0.25, 0.3) is 0 Å². The maximum absolute atomic E-state index is 12.9. The summed E-state index contributed by atoms with van der Waals surface area (Å²) in [7, 11) is 0. The first-order chi connectivity index (χ1) is 12.8. The maximum Gasteiger partial charge on any atom is 0.249 e. The summed E-state index contributed by atoms with van der Waals surface area (Å²) in [5, 5.41) is 10.9. The van der Waals surface area contributed by atoms with Crippen LogP contribution in [0.15, 0.2) is 24.3 Å². The second kappa shape index (κ2) is 7.26. The third-order valence-electron chi connectivity index (χ3n) is 5.15. The largest absolute Gasteiger partial charge is 0.341 e. The van der Waals surface area contributed by atoms with E-state index in [0.29, 0.717) is 17.8 Å². The molecular formula is C20H28N4O4. The summed E-state index contributed by atoms with van der Waals surface area (Å²) in [6.07, 6.45) is 0.308. The number of amides is 4. The van der Waals surface area contributed by atoms with Crippen molar-refractivity contribution >= 4 is 35.0 Å². The van der Waals surface area contributed by atoms with Gasteiger partial charge in [-0.1, -0.05) is 19.1 Å². The van der Waals surface area contributed by atoms with E-state index in [9.17, 15) is 19.2 Å². The summed E-state index contributed by atoms with van der Waals surface area (Å²) in [6, 6.07) is 6.75. The lowest BCUT2D eigenvalue weighted by Crippen LogP contribution is -2.61. The molecule has 28 heavy (non-hydrogen) atoms. The van der Waals surface area contributed by atoms with E-state index >= 15 is 0 Å². The minimum atomic E-state index is -1.49. The Morgan fingerprint density at radius 3 is 1.68 bits per heavy atom. The number of hydrogen-bond acceptors (Lipinski definition) is 4. The van der Waals surface area contributed by atoms with Gasteiger partial charge in [-0.2, -0.15) is 0 Å². The Morgan fingerprint density at radius 1 is 0.714 bits per heavy atom. The zero-order chi connectivity index (χ0) is 21.3. The van der Waals surface area contributed by atoms with Crippen molar-refractivity contribution < 1.29 is 19.2 Å². The molecule has 8 heteroatoms. The number of fused-ring (bicyclic) bond motifs is 1. The summed E-state index contributed by atoms with van der Waals surface area (Å²) in [4.78, 5) is 51.3. The van der Waals surface area contributed by atoms with Crippen LogP contribution >= 0.6 is 0 Å². The van der Waals surface area contributed by atoms with E-state index in [1.54, 1.807) is 52.0 Å². The Morgan fingerprint density at radius 2 is 1.18 bits per heavy atom. The highest BCUT2D eigenvalue weighted by molar-refractivity contribution is 6.11. The lowest BCUT2D eigenvalue weighted by molar-refractivity contribution is -0.146. The third kappa shape index (κ3) is 4.00.